The van der Waals surface area contributed by atoms with Crippen LogP contribution in [0.3, 0.4) is 0 Å². The van der Waals surface area contributed by atoms with Crippen LogP contribution >= 0.6 is 0 Å². The van der Waals surface area contributed by atoms with Gasteiger partial charge in [0.15, 0.2) is 5.41 Å². The van der Waals surface area contributed by atoms with Crippen LogP contribution in [-0.4, -0.2) is 36.1 Å². The van der Waals surface area contributed by atoms with E-state index in [1.165, 1.54) is 39.8 Å². The molecule has 2 heterocycles. The fourth-order valence-electron chi connectivity index (χ4n) is 1.98. The van der Waals surface area contributed by atoms with Crippen molar-refractivity contribution >= 4 is 17.9 Å². The van der Waals surface area contributed by atoms with Crippen LogP contribution in [0.25, 0.3) is 0 Å². The number of carbonyl (C=O) groups is 3. The second-order valence-electron chi connectivity index (χ2n) is 5.30. The van der Waals surface area contributed by atoms with E-state index in [0.717, 1.165) is 0 Å². The molecular weight excluding hydrogens is 268 g/mol. The number of hydrogen-bond acceptors (Lipinski definition) is 7. The molecule has 1 fully saturated rings. The van der Waals surface area contributed by atoms with Crippen molar-refractivity contribution in [3.05, 3.63) is 12.2 Å². The lowest BCUT2D eigenvalue weighted by Crippen LogP contribution is -2.57. The van der Waals surface area contributed by atoms with Crippen molar-refractivity contribution in [1.29, 1.82) is 0 Å². The molecule has 0 aromatic rings. The van der Waals surface area contributed by atoms with E-state index in [1.807, 2.05) is 0 Å². The molecule has 7 nitrogen and oxygen atoms in total. The molecule has 0 unspecified atom stereocenters. The Morgan fingerprint density at radius 3 is 2.20 bits per heavy atom. The fourth-order valence-corrected chi connectivity index (χ4v) is 1.98. The van der Waals surface area contributed by atoms with E-state index in [1.54, 1.807) is 0 Å². The normalized spacial score (nSPS) is 30.6. The monoisotopic (exact) mass is 284 g/mol. The van der Waals surface area contributed by atoms with Gasteiger partial charge < -0.3 is 18.9 Å². The second-order valence-corrected chi connectivity index (χ2v) is 5.30. The summed E-state index contributed by atoms with van der Waals surface area (Å²) in [5, 5.41) is 0. The van der Waals surface area contributed by atoms with Crippen LogP contribution in [0.4, 0.5) is 0 Å². The number of carbonyl (C=O) groups excluding carboxylic acids is 3. The maximum atomic E-state index is 12.1. The molecule has 0 saturated carbocycles. The molecule has 0 N–H and O–H groups in total. The van der Waals surface area contributed by atoms with Gasteiger partial charge in [0.05, 0.1) is 0 Å². The minimum atomic E-state index is -1.62. The van der Waals surface area contributed by atoms with Crippen molar-refractivity contribution in [3.8, 4) is 0 Å². The predicted octanol–water partition coefficient (Wildman–Crippen LogP) is 0.673. The van der Waals surface area contributed by atoms with E-state index in [9.17, 15) is 14.4 Å². The largest absolute Gasteiger partial charge is 0.432 e. The van der Waals surface area contributed by atoms with Crippen LogP contribution in [0.15, 0.2) is 12.2 Å². The summed E-state index contributed by atoms with van der Waals surface area (Å²) >= 11 is 0. The summed E-state index contributed by atoms with van der Waals surface area (Å²) < 4.78 is 20.4. The minimum Gasteiger partial charge on any atom is -0.432 e. The average molecular weight is 284 g/mol. The number of esters is 3. The SMILES string of the molecule is CC(=O)O[C@@H]1C=C[C@H](C2(C)C(=O)OC(C)(C)OC2=O)O1. The molecule has 0 amide bonds. The number of cyclic esters (lactones) is 2. The lowest BCUT2D eigenvalue weighted by Gasteiger charge is -2.40. The van der Waals surface area contributed by atoms with Crippen molar-refractivity contribution < 1.29 is 33.3 Å². The molecule has 0 spiro atoms. The Morgan fingerprint density at radius 1 is 1.15 bits per heavy atom. The molecule has 0 aliphatic carbocycles. The van der Waals surface area contributed by atoms with Gasteiger partial charge in [0.1, 0.15) is 6.10 Å². The van der Waals surface area contributed by atoms with Crippen LogP contribution < -0.4 is 0 Å². The zero-order valence-corrected chi connectivity index (χ0v) is 11.7. The number of rotatable bonds is 2. The van der Waals surface area contributed by atoms with Gasteiger partial charge in [-0.3, -0.25) is 14.4 Å². The van der Waals surface area contributed by atoms with Crippen molar-refractivity contribution in [2.45, 2.75) is 45.9 Å². The molecule has 7 heteroatoms. The minimum absolute atomic E-state index is 0.527. The van der Waals surface area contributed by atoms with Crippen LogP contribution in [0, 0.1) is 5.41 Å². The maximum Gasteiger partial charge on any atom is 0.329 e. The van der Waals surface area contributed by atoms with Crippen LogP contribution in [0.1, 0.15) is 27.7 Å². The third-order valence-corrected chi connectivity index (χ3v) is 3.10. The summed E-state index contributed by atoms with van der Waals surface area (Å²) in [6.07, 6.45) is 1.10. The zero-order chi connectivity index (χ0) is 15.1. The van der Waals surface area contributed by atoms with E-state index in [2.05, 4.69) is 0 Å². The molecule has 2 atom stereocenters. The van der Waals surface area contributed by atoms with Gasteiger partial charge in [-0.1, -0.05) is 6.08 Å². The van der Waals surface area contributed by atoms with Crippen LogP contribution in [-0.2, 0) is 33.3 Å². The molecule has 110 valence electrons. The Morgan fingerprint density at radius 2 is 1.70 bits per heavy atom. The van der Waals surface area contributed by atoms with Crippen molar-refractivity contribution in [1.82, 2.24) is 0 Å². The molecule has 0 aromatic carbocycles. The topological polar surface area (TPSA) is 88.1 Å². The van der Waals surface area contributed by atoms with E-state index in [-0.39, 0.29) is 0 Å². The van der Waals surface area contributed by atoms with Gasteiger partial charge in [-0.15, -0.1) is 0 Å². The Labute approximate surface area is 115 Å². The highest BCUT2D eigenvalue weighted by Crippen LogP contribution is 2.39. The molecule has 20 heavy (non-hydrogen) atoms. The lowest BCUT2D eigenvalue weighted by atomic mass is 9.83. The smallest absolute Gasteiger partial charge is 0.329 e. The summed E-state index contributed by atoms with van der Waals surface area (Å²) in [5.41, 5.74) is -1.62. The molecule has 1 saturated heterocycles. The first-order chi connectivity index (χ1) is 9.15. The van der Waals surface area contributed by atoms with Gasteiger partial charge in [0.25, 0.3) is 5.79 Å². The summed E-state index contributed by atoms with van der Waals surface area (Å²) in [7, 11) is 0. The maximum absolute atomic E-state index is 12.1. The summed E-state index contributed by atoms with van der Waals surface area (Å²) in [6.45, 7) is 5.54. The van der Waals surface area contributed by atoms with E-state index in [0.29, 0.717) is 0 Å². The highest BCUT2D eigenvalue weighted by molar-refractivity contribution is 6.02. The standard InChI is InChI=1S/C13H16O7/c1-7(14)17-9-6-5-8(18-9)13(4)10(15)19-12(2,3)20-11(13)16/h5-6,8-9H,1-4H3/t8-,9+/m1/s1. The lowest BCUT2D eigenvalue weighted by molar-refractivity contribution is -0.259. The van der Waals surface area contributed by atoms with E-state index < -0.39 is 41.5 Å². The van der Waals surface area contributed by atoms with Crippen molar-refractivity contribution in [2.75, 3.05) is 0 Å². The Kier molecular flexibility index (Phi) is 3.33. The quantitative estimate of drug-likeness (QED) is 0.418. The summed E-state index contributed by atoms with van der Waals surface area (Å²) in [4.78, 5) is 35.1. The van der Waals surface area contributed by atoms with Crippen LogP contribution in [0.5, 0.6) is 0 Å². The number of ether oxygens (including phenoxy) is 4. The Bertz CT molecular complexity index is 471. The third-order valence-electron chi connectivity index (χ3n) is 3.10. The molecule has 2 aliphatic heterocycles. The molecule has 2 rings (SSSR count). The Hall–Kier alpha value is -1.89. The Balaban J connectivity index is 2.16. The van der Waals surface area contributed by atoms with Crippen LogP contribution in [0.2, 0.25) is 0 Å². The van der Waals surface area contributed by atoms with E-state index in [4.69, 9.17) is 18.9 Å². The molecular formula is C13H16O7. The summed E-state index contributed by atoms with van der Waals surface area (Å²) in [6, 6.07) is 0. The van der Waals surface area contributed by atoms with E-state index >= 15 is 0 Å². The van der Waals surface area contributed by atoms with Crippen molar-refractivity contribution in [3.63, 3.8) is 0 Å². The summed E-state index contributed by atoms with van der Waals surface area (Å²) in [5.74, 6) is -3.31. The average Bonchev–Trinajstić information content (AvgIpc) is 2.72. The second kappa shape index (κ2) is 4.59. The van der Waals surface area contributed by atoms with Gasteiger partial charge in [0.2, 0.25) is 6.29 Å². The van der Waals surface area contributed by atoms with Gasteiger partial charge in [-0.05, 0) is 13.0 Å². The van der Waals surface area contributed by atoms with Gasteiger partial charge in [-0.2, -0.15) is 0 Å². The first kappa shape index (κ1) is 14.5. The zero-order valence-electron chi connectivity index (χ0n) is 11.7. The molecule has 0 aromatic heterocycles. The third kappa shape index (κ3) is 2.40. The first-order valence-electron chi connectivity index (χ1n) is 6.13. The predicted molar refractivity (Wildman–Crippen MR) is 63.9 cm³/mol. The fraction of sp³-hybridized carbons (Fsp3) is 0.615. The molecule has 0 radical (unpaired) electrons. The van der Waals surface area contributed by atoms with Gasteiger partial charge in [-0.25, -0.2) is 0 Å². The molecule has 2 aliphatic rings. The van der Waals surface area contributed by atoms with Gasteiger partial charge >= 0.3 is 17.9 Å². The molecule has 0 bridgehead atoms. The van der Waals surface area contributed by atoms with Crippen molar-refractivity contribution in [2.24, 2.45) is 5.41 Å². The highest BCUT2D eigenvalue weighted by atomic mass is 16.8. The highest BCUT2D eigenvalue weighted by Gasteiger charge is 2.58. The first-order valence-corrected chi connectivity index (χ1v) is 6.13. The van der Waals surface area contributed by atoms with Gasteiger partial charge in [0, 0.05) is 20.8 Å². The number of hydrogen-bond donors (Lipinski definition) is 0.